The molecule has 0 radical (unpaired) electrons. The minimum absolute atomic E-state index is 0.0295. The Kier molecular flexibility index (Phi) is 6.00. The number of hydrogen-bond acceptors (Lipinski definition) is 5. The van der Waals surface area contributed by atoms with Crippen LogP contribution in [0.1, 0.15) is 40.5 Å². The van der Waals surface area contributed by atoms with Crippen LogP contribution in [0, 0.1) is 16.7 Å². The molecule has 0 unspecified atom stereocenters. The van der Waals surface area contributed by atoms with Crippen molar-refractivity contribution in [3.8, 4) is 6.07 Å². The predicted octanol–water partition coefficient (Wildman–Crippen LogP) is 5.59. The van der Waals surface area contributed by atoms with Gasteiger partial charge in [0.1, 0.15) is 11.6 Å². The summed E-state index contributed by atoms with van der Waals surface area (Å²) < 4.78 is 5.09. The van der Waals surface area contributed by atoms with E-state index in [1.807, 2.05) is 6.08 Å². The second-order valence-corrected chi connectivity index (χ2v) is 8.83. The summed E-state index contributed by atoms with van der Waals surface area (Å²) in [5, 5.41) is 10.7. The van der Waals surface area contributed by atoms with Crippen molar-refractivity contribution in [1.29, 1.82) is 5.26 Å². The first-order valence-electron chi connectivity index (χ1n) is 9.65. The Bertz CT molecular complexity index is 919. The van der Waals surface area contributed by atoms with Crippen molar-refractivity contribution in [3.63, 3.8) is 0 Å². The number of carbonyl (C=O) groups is 1. The van der Waals surface area contributed by atoms with E-state index < -0.39 is 5.97 Å². The maximum atomic E-state index is 12.2. The summed E-state index contributed by atoms with van der Waals surface area (Å²) in [5.74, 6) is -0.529. The van der Waals surface area contributed by atoms with Gasteiger partial charge in [-0.3, -0.25) is 0 Å². The molecule has 146 valence electrons. The number of para-hydroxylation sites is 1. The van der Waals surface area contributed by atoms with Crippen LogP contribution >= 0.6 is 11.8 Å². The van der Waals surface area contributed by atoms with E-state index in [2.05, 4.69) is 62.1 Å². The molecule has 0 N–H and O–H groups in total. The number of nitrogens with zero attached hydrogens (tertiary/aromatic N) is 2. The van der Waals surface area contributed by atoms with Gasteiger partial charge in [0.15, 0.2) is 0 Å². The Hall–Kier alpha value is -2.45. The van der Waals surface area contributed by atoms with Gasteiger partial charge in [-0.1, -0.05) is 43.8 Å². The number of anilines is 1. The molecule has 1 aliphatic carbocycles. The van der Waals surface area contributed by atoms with Crippen molar-refractivity contribution in [1.82, 2.24) is 0 Å². The Morgan fingerprint density at radius 1 is 1.32 bits per heavy atom. The van der Waals surface area contributed by atoms with Crippen LogP contribution < -0.4 is 4.90 Å². The summed E-state index contributed by atoms with van der Waals surface area (Å²) in [4.78, 5) is 15.8. The SMILES string of the molecule is CCOC(=O)/C(C#N)=C1C=C(/C=C2\Sc3ccccc3N2CC)CC(C)(C)C/1. The Labute approximate surface area is 171 Å². The number of fused-ring (bicyclic) bond motifs is 1. The van der Waals surface area contributed by atoms with E-state index in [4.69, 9.17) is 4.74 Å². The molecule has 0 aromatic heterocycles. The lowest BCUT2D eigenvalue weighted by molar-refractivity contribution is -0.138. The molecule has 0 atom stereocenters. The highest BCUT2D eigenvalue weighted by molar-refractivity contribution is 8.03. The van der Waals surface area contributed by atoms with Crippen LogP contribution in [-0.4, -0.2) is 19.1 Å². The summed E-state index contributed by atoms with van der Waals surface area (Å²) in [6.45, 7) is 9.40. The van der Waals surface area contributed by atoms with Crippen molar-refractivity contribution >= 4 is 23.4 Å². The molecule has 2 aliphatic rings. The summed E-state index contributed by atoms with van der Waals surface area (Å²) in [6, 6.07) is 10.5. The molecule has 0 saturated carbocycles. The van der Waals surface area contributed by atoms with Gasteiger partial charge >= 0.3 is 5.97 Å². The van der Waals surface area contributed by atoms with Gasteiger partial charge in [-0.25, -0.2) is 4.79 Å². The summed E-state index contributed by atoms with van der Waals surface area (Å²) >= 11 is 1.77. The lowest BCUT2D eigenvalue weighted by Crippen LogP contribution is -2.21. The fourth-order valence-corrected chi connectivity index (χ4v) is 5.01. The first-order valence-corrected chi connectivity index (χ1v) is 10.5. The maximum Gasteiger partial charge on any atom is 0.349 e. The number of esters is 1. The van der Waals surface area contributed by atoms with Crippen LogP contribution in [0.15, 0.2) is 63.1 Å². The number of nitriles is 1. The summed E-state index contributed by atoms with van der Waals surface area (Å²) in [7, 11) is 0. The van der Waals surface area contributed by atoms with Gasteiger partial charge in [-0.2, -0.15) is 5.26 Å². The number of carbonyl (C=O) groups excluding carboxylic acids is 1. The van der Waals surface area contributed by atoms with E-state index in [0.29, 0.717) is 6.42 Å². The molecule has 0 spiro atoms. The van der Waals surface area contributed by atoms with E-state index in [0.717, 1.165) is 24.1 Å². The number of thioether (sulfide) groups is 1. The molecule has 1 heterocycles. The molecule has 0 fully saturated rings. The zero-order valence-corrected chi connectivity index (χ0v) is 17.7. The molecule has 1 aliphatic heterocycles. The second-order valence-electron chi connectivity index (χ2n) is 7.77. The molecule has 1 aromatic carbocycles. The van der Waals surface area contributed by atoms with Crippen LogP contribution in [0.5, 0.6) is 0 Å². The van der Waals surface area contributed by atoms with E-state index in [1.54, 1.807) is 18.7 Å². The van der Waals surface area contributed by atoms with Crippen LogP contribution in [0.4, 0.5) is 5.69 Å². The standard InChI is InChI=1S/C23H26N2O2S/c1-5-25-19-9-7-8-10-20(19)28-21(25)12-16-11-17(14-23(3,4)13-16)18(15-24)22(26)27-6-2/h7-12H,5-6,13-14H2,1-4H3/b18-17-,21-12-. The third kappa shape index (κ3) is 4.18. The van der Waals surface area contributed by atoms with Crippen molar-refractivity contribution in [3.05, 3.63) is 58.2 Å². The summed E-state index contributed by atoms with van der Waals surface area (Å²) in [5.41, 5.74) is 3.24. The molecular formula is C23H26N2O2S. The average Bonchev–Trinajstić information content (AvgIpc) is 2.98. The maximum absolute atomic E-state index is 12.2. The second kappa shape index (κ2) is 8.28. The van der Waals surface area contributed by atoms with Gasteiger partial charge < -0.3 is 9.64 Å². The lowest BCUT2D eigenvalue weighted by Gasteiger charge is -2.31. The molecule has 28 heavy (non-hydrogen) atoms. The normalized spacial score (nSPS) is 21.0. The van der Waals surface area contributed by atoms with E-state index in [1.165, 1.54) is 15.6 Å². The predicted molar refractivity (Wildman–Crippen MR) is 114 cm³/mol. The molecule has 0 saturated heterocycles. The molecule has 1 aromatic rings. The molecule has 0 amide bonds. The smallest absolute Gasteiger partial charge is 0.349 e. The Balaban J connectivity index is 2.01. The topological polar surface area (TPSA) is 53.3 Å². The van der Waals surface area contributed by atoms with Gasteiger partial charge in [0.05, 0.1) is 17.3 Å². The highest BCUT2D eigenvalue weighted by Gasteiger charge is 2.30. The van der Waals surface area contributed by atoms with E-state index >= 15 is 0 Å². The zero-order chi connectivity index (χ0) is 20.3. The highest BCUT2D eigenvalue weighted by atomic mass is 32.2. The van der Waals surface area contributed by atoms with Gasteiger partial charge in [0.25, 0.3) is 0 Å². The molecule has 4 nitrogen and oxygen atoms in total. The molecular weight excluding hydrogens is 368 g/mol. The molecule has 0 bridgehead atoms. The zero-order valence-electron chi connectivity index (χ0n) is 16.9. The number of benzene rings is 1. The molecule has 5 heteroatoms. The highest BCUT2D eigenvalue weighted by Crippen LogP contribution is 2.47. The van der Waals surface area contributed by atoms with Crippen molar-refractivity contribution in [2.45, 2.75) is 45.4 Å². The first kappa shape index (κ1) is 20.3. The third-order valence-corrected chi connectivity index (χ3v) is 6.00. The van der Waals surface area contributed by atoms with Crippen LogP contribution in [0.3, 0.4) is 0 Å². The minimum Gasteiger partial charge on any atom is -0.462 e. The van der Waals surface area contributed by atoms with Gasteiger partial charge in [0.2, 0.25) is 0 Å². The average molecular weight is 395 g/mol. The first-order chi connectivity index (χ1) is 13.4. The fourth-order valence-electron chi connectivity index (χ4n) is 3.81. The van der Waals surface area contributed by atoms with E-state index in [-0.39, 0.29) is 17.6 Å². The quantitative estimate of drug-likeness (QED) is 0.378. The van der Waals surface area contributed by atoms with Crippen LogP contribution in [0.2, 0.25) is 0 Å². The number of allylic oxidation sites excluding steroid dienone is 4. The van der Waals surface area contributed by atoms with Crippen LogP contribution in [-0.2, 0) is 9.53 Å². The van der Waals surface area contributed by atoms with Crippen LogP contribution in [0.25, 0.3) is 0 Å². The minimum atomic E-state index is -0.529. The Morgan fingerprint density at radius 3 is 2.75 bits per heavy atom. The third-order valence-electron chi connectivity index (χ3n) is 4.89. The van der Waals surface area contributed by atoms with Crippen molar-refractivity contribution < 1.29 is 9.53 Å². The number of rotatable bonds is 4. The summed E-state index contributed by atoms with van der Waals surface area (Å²) in [6.07, 6.45) is 5.79. The van der Waals surface area contributed by atoms with E-state index in [9.17, 15) is 10.1 Å². The van der Waals surface area contributed by atoms with Crippen molar-refractivity contribution in [2.75, 3.05) is 18.1 Å². The van der Waals surface area contributed by atoms with Gasteiger partial charge in [-0.15, -0.1) is 0 Å². The number of hydrogen-bond donors (Lipinski definition) is 0. The largest absolute Gasteiger partial charge is 0.462 e. The van der Waals surface area contributed by atoms with Gasteiger partial charge in [-0.05, 0) is 61.5 Å². The monoisotopic (exact) mass is 394 g/mol. The van der Waals surface area contributed by atoms with Gasteiger partial charge in [0, 0.05) is 11.4 Å². The fraction of sp³-hybridized carbons (Fsp3) is 0.391. The number of ether oxygens (including phenoxy) is 1. The lowest BCUT2D eigenvalue weighted by atomic mass is 9.74. The Morgan fingerprint density at radius 2 is 2.07 bits per heavy atom. The van der Waals surface area contributed by atoms with Crippen molar-refractivity contribution in [2.24, 2.45) is 5.41 Å². The molecule has 3 rings (SSSR count).